The number of methoxy groups -OCH3 is 1. The van der Waals surface area contributed by atoms with Gasteiger partial charge < -0.3 is 14.6 Å². The highest BCUT2D eigenvalue weighted by Gasteiger charge is 2.26. The molecule has 0 spiro atoms. The Hall–Kier alpha value is -3.19. The molecule has 1 aromatic heterocycles. The molecule has 0 saturated carbocycles. The van der Waals surface area contributed by atoms with Gasteiger partial charge in [-0.05, 0) is 38.1 Å². The van der Waals surface area contributed by atoms with Crippen molar-refractivity contribution in [1.82, 2.24) is 15.0 Å². The first-order valence-corrected chi connectivity index (χ1v) is 9.77. The van der Waals surface area contributed by atoms with Crippen molar-refractivity contribution < 1.29 is 14.1 Å². The highest BCUT2D eigenvalue weighted by atomic mass is 16.5. The summed E-state index contributed by atoms with van der Waals surface area (Å²) in [5, 5.41) is 7.06. The van der Waals surface area contributed by atoms with Crippen LogP contribution >= 0.6 is 0 Å². The van der Waals surface area contributed by atoms with E-state index in [-0.39, 0.29) is 11.8 Å². The van der Waals surface area contributed by atoms with Gasteiger partial charge in [0.25, 0.3) is 0 Å². The third kappa shape index (κ3) is 4.63. The maximum Gasteiger partial charge on any atom is 0.241 e. The Kier molecular flexibility index (Phi) is 5.86. The first-order chi connectivity index (χ1) is 14.2. The molecule has 0 radical (unpaired) electrons. The van der Waals surface area contributed by atoms with E-state index >= 15 is 0 Å². The topological polar surface area (TPSA) is 80.5 Å². The van der Waals surface area contributed by atoms with Crippen molar-refractivity contribution in [3.8, 4) is 17.1 Å². The van der Waals surface area contributed by atoms with Crippen molar-refractivity contribution in [3.05, 3.63) is 60.5 Å². The van der Waals surface area contributed by atoms with E-state index in [0.717, 1.165) is 31.5 Å². The van der Waals surface area contributed by atoms with Gasteiger partial charge in [0.15, 0.2) is 0 Å². The van der Waals surface area contributed by atoms with Crippen LogP contribution in [0.4, 0.5) is 5.69 Å². The van der Waals surface area contributed by atoms with Crippen molar-refractivity contribution in [2.24, 2.45) is 5.92 Å². The summed E-state index contributed by atoms with van der Waals surface area (Å²) in [4.78, 5) is 19.4. The number of aromatic nitrogens is 2. The predicted molar refractivity (Wildman–Crippen MR) is 109 cm³/mol. The summed E-state index contributed by atoms with van der Waals surface area (Å²) in [6, 6.07) is 17.2. The summed E-state index contributed by atoms with van der Waals surface area (Å²) in [6.45, 7) is 2.22. The van der Waals surface area contributed by atoms with E-state index in [2.05, 4.69) is 20.4 Å². The lowest BCUT2D eigenvalue weighted by atomic mass is 9.96. The average Bonchev–Trinajstić information content (AvgIpc) is 3.24. The largest absolute Gasteiger partial charge is 0.495 e. The number of hydrogen-bond acceptors (Lipinski definition) is 6. The number of benzene rings is 2. The van der Waals surface area contributed by atoms with Gasteiger partial charge in [0.1, 0.15) is 5.75 Å². The van der Waals surface area contributed by atoms with Crippen LogP contribution in [-0.2, 0) is 11.3 Å². The molecule has 29 heavy (non-hydrogen) atoms. The number of carbonyl (C=O) groups is 1. The number of hydrogen-bond donors (Lipinski definition) is 1. The quantitative estimate of drug-likeness (QED) is 0.690. The maximum atomic E-state index is 12.6. The molecule has 0 bridgehead atoms. The number of ether oxygens (including phenoxy) is 1. The summed E-state index contributed by atoms with van der Waals surface area (Å²) in [6.07, 6.45) is 1.58. The average molecular weight is 392 g/mol. The van der Waals surface area contributed by atoms with Crippen LogP contribution in [0.3, 0.4) is 0 Å². The molecule has 1 amide bonds. The highest BCUT2D eigenvalue weighted by molar-refractivity contribution is 5.94. The van der Waals surface area contributed by atoms with Gasteiger partial charge >= 0.3 is 0 Å². The first kappa shape index (κ1) is 19.1. The van der Waals surface area contributed by atoms with Crippen LogP contribution in [0.5, 0.6) is 5.75 Å². The van der Waals surface area contributed by atoms with E-state index in [9.17, 15) is 4.79 Å². The van der Waals surface area contributed by atoms with E-state index in [1.807, 2.05) is 54.6 Å². The molecule has 0 aliphatic carbocycles. The van der Waals surface area contributed by atoms with Gasteiger partial charge in [-0.1, -0.05) is 47.6 Å². The van der Waals surface area contributed by atoms with E-state index in [4.69, 9.17) is 9.26 Å². The standard InChI is InChI=1S/C22H24N4O3/c1-28-19-10-6-5-9-18(19)23-22(27)17-11-13-26(14-12-17)15-20-24-21(25-29-20)16-7-3-2-4-8-16/h2-10,17H,11-15H2,1H3,(H,23,27). The van der Waals surface area contributed by atoms with Crippen molar-refractivity contribution in [1.29, 1.82) is 0 Å². The summed E-state index contributed by atoms with van der Waals surface area (Å²) >= 11 is 0. The lowest BCUT2D eigenvalue weighted by Gasteiger charge is -2.30. The molecule has 4 rings (SSSR count). The second-order valence-electron chi connectivity index (χ2n) is 7.12. The number of nitrogens with zero attached hydrogens (tertiary/aromatic N) is 3. The molecule has 7 heteroatoms. The summed E-state index contributed by atoms with van der Waals surface area (Å²) in [5.74, 6) is 1.90. The molecule has 0 atom stereocenters. The molecule has 7 nitrogen and oxygen atoms in total. The Labute approximate surface area is 169 Å². The Morgan fingerprint density at radius 3 is 2.62 bits per heavy atom. The van der Waals surface area contributed by atoms with Crippen molar-refractivity contribution in [3.63, 3.8) is 0 Å². The number of para-hydroxylation sites is 2. The molecule has 150 valence electrons. The number of anilines is 1. The number of piperidine rings is 1. The van der Waals surface area contributed by atoms with E-state index in [1.54, 1.807) is 7.11 Å². The van der Waals surface area contributed by atoms with Gasteiger partial charge in [0.05, 0.1) is 19.3 Å². The van der Waals surface area contributed by atoms with Crippen LogP contribution in [-0.4, -0.2) is 41.1 Å². The first-order valence-electron chi connectivity index (χ1n) is 9.77. The van der Waals surface area contributed by atoms with Gasteiger partial charge in [0.2, 0.25) is 17.6 Å². The summed E-state index contributed by atoms with van der Waals surface area (Å²) in [7, 11) is 1.60. The monoisotopic (exact) mass is 392 g/mol. The number of nitrogens with one attached hydrogen (secondary N) is 1. The van der Waals surface area contributed by atoms with Crippen molar-refractivity contribution >= 4 is 11.6 Å². The van der Waals surface area contributed by atoms with Gasteiger partial charge in [-0.2, -0.15) is 4.98 Å². The van der Waals surface area contributed by atoms with E-state index in [1.165, 1.54) is 0 Å². The van der Waals surface area contributed by atoms with Crippen molar-refractivity contribution in [2.45, 2.75) is 19.4 Å². The Morgan fingerprint density at radius 1 is 1.14 bits per heavy atom. The van der Waals surface area contributed by atoms with Gasteiger partial charge in [-0.3, -0.25) is 9.69 Å². The van der Waals surface area contributed by atoms with Crippen LogP contribution in [0.2, 0.25) is 0 Å². The molecular formula is C22H24N4O3. The zero-order valence-corrected chi connectivity index (χ0v) is 16.4. The fraction of sp³-hybridized carbons (Fsp3) is 0.318. The molecule has 1 aliphatic heterocycles. The molecule has 1 fully saturated rings. The molecule has 1 saturated heterocycles. The van der Waals surface area contributed by atoms with E-state index < -0.39 is 0 Å². The molecule has 0 unspecified atom stereocenters. The fourth-order valence-corrected chi connectivity index (χ4v) is 3.55. The minimum atomic E-state index is -0.0151. The number of rotatable bonds is 6. The number of amides is 1. The summed E-state index contributed by atoms with van der Waals surface area (Å²) in [5.41, 5.74) is 1.65. The normalized spacial score (nSPS) is 15.2. The zero-order chi connectivity index (χ0) is 20.1. The van der Waals surface area contributed by atoms with Crippen LogP contribution in [0, 0.1) is 5.92 Å². The predicted octanol–water partition coefficient (Wildman–Crippen LogP) is 3.60. The van der Waals surface area contributed by atoms with Gasteiger partial charge in [0, 0.05) is 11.5 Å². The summed E-state index contributed by atoms with van der Waals surface area (Å²) < 4.78 is 10.7. The molecule has 1 aliphatic rings. The highest BCUT2D eigenvalue weighted by Crippen LogP contribution is 2.26. The molecule has 1 N–H and O–H groups in total. The Bertz CT molecular complexity index is 949. The molecular weight excluding hydrogens is 368 g/mol. The lowest BCUT2D eigenvalue weighted by molar-refractivity contribution is -0.121. The third-order valence-corrected chi connectivity index (χ3v) is 5.18. The Morgan fingerprint density at radius 2 is 1.86 bits per heavy atom. The minimum absolute atomic E-state index is 0.0151. The van der Waals surface area contributed by atoms with Gasteiger partial charge in [-0.15, -0.1) is 0 Å². The second kappa shape index (κ2) is 8.87. The van der Waals surface area contributed by atoms with E-state index in [0.29, 0.717) is 29.7 Å². The number of likely N-dealkylation sites (tertiary alicyclic amines) is 1. The van der Waals surface area contributed by atoms with Crippen LogP contribution in [0.25, 0.3) is 11.4 Å². The van der Waals surface area contributed by atoms with Crippen LogP contribution < -0.4 is 10.1 Å². The van der Waals surface area contributed by atoms with Crippen LogP contribution in [0.15, 0.2) is 59.1 Å². The maximum absolute atomic E-state index is 12.6. The number of carbonyl (C=O) groups excluding carboxylic acids is 1. The lowest BCUT2D eigenvalue weighted by Crippen LogP contribution is -2.37. The molecule has 2 aromatic carbocycles. The Balaban J connectivity index is 1.29. The smallest absolute Gasteiger partial charge is 0.241 e. The van der Waals surface area contributed by atoms with Gasteiger partial charge in [-0.25, -0.2) is 0 Å². The third-order valence-electron chi connectivity index (χ3n) is 5.18. The SMILES string of the molecule is COc1ccccc1NC(=O)C1CCN(Cc2nc(-c3ccccc3)no2)CC1. The molecule has 3 aromatic rings. The minimum Gasteiger partial charge on any atom is -0.495 e. The molecule has 2 heterocycles. The fourth-order valence-electron chi connectivity index (χ4n) is 3.55. The van der Waals surface area contributed by atoms with Crippen molar-refractivity contribution in [2.75, 3.05) is 25.5 Å². The zero-order valence-electron chi connectivity index (χ0n) is 16.4. The second-order valence-corrected chi connectivity index (χ2v) is 7.12. The van der Waals surface area contributed by atoms with Crippen LogP contribution in [0.1, 0.15) is 18.7 Å².